The molecule has 0 saturated heterocycles. The van der Waals surface area contributed by atoms with Crippen LogP contribution >= 0.6 is 0 Å². The summed E-state index contributed by atoms with van der Waals surface area (Å²) in [4.78, 5) is 10.8. The molecule has 0 unspecified atom stereocenters. The van der Waals surface area contributed by atoms with Crippen molar-refractivity contribution < 1.29 is 18.4 Å². The molecule has 0 amide bonds. The SMILES string of the molecule is COc1cc2c(cc1-c1ccc(C=O)o1)oc1ccccc12. The maximum absolute atomic E-state index is 10.8. The Bertz CT molecular complexity index is 991. The standard InChI is InChI=1S/C18H12O4/c1-20-17-8-13-12-4-2-3-5-15(12)22-18(13)9-14(17)16-7-6-11(10-19)21-16/h2-10H,1H3. The van der Waals surface area contributed by atoms with Gasteiger partial charge in [0, 0.05) is 10.8 Å². The molecule has 0 radical (unpaired) electrons. The van der Waals surface area contributed by atoms with Gasteiger partial charge in [-0.3, -0.25) is 4.79 Å². The quantitative estimate of drug-likeness (QED) is 0.515. The molecule has 0 saturated carbocycles. The topological polar surface area (TPSA) is 52.6 Å². The van der Waals surface area contributed by atoms with Crippen molar-refractivity contribution >= 4 is 28.2 Å². The lowest BCUT2D eigenvalue weighted by atomic mass is 10.1. The van der Waals surface area contributed by atoms with E-state index in [1.54, 1.807) is 19.2 Å². The van der Waals surface area contributed by atoms with Gasteiger partial charge in [-0.2, -0.15) is 0 Å². The van der Waals surface area contributed by atoms with Crippen LogP contribution in [0, 0.1) is 0 Å². The molecule has 4 heteroatoms. The van der Waals surface area contributed by atoms with Crippen LogP contribution in [-0.2, 0) is 0 Å². The van der Waals surface area contributed by atoms with E-state index in [0.29, 0.717) is 17.8 Å². The fraction of sp³-hybridized carbons (Fsp3) is 0.0556. The molecule has 0 bridgehead atoms. The molecule has 2 heterocycles. The summed E-state index contributed by atoms with van der Waals surface area (Å²) in [6, 6.07) is 15.0. The van der Waals surface area contributed by atoms with Gasteiger partial charge in [-0.25, -0.2) is 0 Å². The van der Waals surface area contributed by atoms with Crippen LogP contribution in [0.15, 0.2) is 57.4 Å². The Morgan fingerprint density at radius 3 is 2.59 bits per heavy atom. The first kappa shape index (κ1) is 12.7. The molecule has 0 N–H and O–H groups in total. The van der Waals surface area contributed by atoms with Crippen LogP contribution in [0.4, 0.5) is 0 Å². The maximum Gasteiger partial charge on any atom is 0.185 e. The van der Waals surface area contributed by atoms with Crippen LogP contribution in [0.3, 0.4) is 0 Å². The fourth-order valence-corrected chi connectivity index (χ4v) is 2.67. The van der Waals surface area contributed by atoms with E-state index in [1.807, 2.05) is 36.4 Å². The summed E-state index contributed by atoms with van der Waals surface area (Å²) in [5, 5.41) is 2.02. The number of rotatable bonds is 3. The lowest BCUT2D eigenvalue weighted by molar-refractivity contribution is 0.110. The largest absolute Gasteiger partial charge is 0.496 e. The highest BCUT2D eigenvalue weighted by Crippen LogP contribution is 2.38. The molecule has 4 rings (SSSR count). The van der Waals surface area contributed by atoms with Gasteiger partial charge in [0.1, 0.15) is 22.7 Å². The van der Waals surface area contributed by atoms with E-state index in [-0.39, 0.29) is 5.76 Å². The summed E-state index contributed by atoms with van der Waals surface area (Å²) >= 11 is 0. The van der Waals surface area contributed by atoms with Crippen molar-refractivity contribution in [3.05, 3.63) is 54.3 Å². The minimum atomic E-state index is 0.279. The zero-order valence-electron chi connectivity index (χ0n) is 11.8. The number of methoxy groups -OCH3 is 1. The molecule has 0 aliphatic rings. The predicted octanol–water partition coefficient (Wildman–Crippen LogP) is 4.67. The molecular weight excluding hydrogens is 280 g/mol. The zero-order chi connectivity index (χ0) is 15.1. The second kappa shape index (κ2) is 4.77. The Hall–Kier alpha value is -3.01. The average molecular weight is 292 g/mol. The number of furan rings is 2. The number of para-hydroxylation sites is 1. The van der Waals surface area contributed by atoms with E-state index < -0.39 is 0 Å². The van der Waals surface area contributed by atoms with E-state index in [4.69, 9.17) is 13.6 Å². The Morgan fingerprint density at radius 1 is 0.955 bits per heavy atom. The van der Waals surface area contributed by atoms with Gasteiger partial charge in [-0.15, -0.1) is 0 Å². The van der Waals surface area contributed by atoms with Crippen LogP contribution in [0.1, 0.15) is 10.6 Å². The second-order valence-corrected chi connectivity index (χ2v) is 4.97. The minimum Gasteiger partial charge on any atom is -0.496 e. The molecule has 4 nitrogen and oxygen atoms in total. The number of benzene rings is 2. The fourth-order valence-electron chi connectivity index (χ4n) is 2.67. The van der Waals surface area contributed by atoms with Crippen molar-refractivity contribution in [3.63, 3.8) is 0 Å². The van der Waals surface area contributed by atoms with Crippen LogP contribution in [0.5, 0.6) is 5.75 Å². The maximum atomic E-state index is 10.8. The molecule has 0 aliphatic carbocycles. The third-order valence-corrected chi connectivity index (χ3v) is 3.71. The first-order valence-corrected chi connectivity index (χ1v) is 6.85. The smallest absolute Gasteiger partial charge is 0.185 e. The van der Waals surface area contributed by atoms with Crippen LogP contribution < -0.4 is 4.74 Å². The third kappa shape index (κ3) is 1.81. The molecule has 0 spiro atoms. The molecule has 22 heavy (non-hydrogen) atoms. The number of hydrogen-bond donors (Lipinski definition) is 0. The van der Waals surface area contributed by atoms with E-state index in [2.05, 4.69) is 0 Å². The number of carbonyl (C=O) groups is 1. The van der Waals surface area contributed by atoms with Crippen LogP contribution in [-0.4, -0.2) is 13.4 Å². The monoisotopic (exact) mass is 292 g/mol. The number of hydrogen-bond acceptors (Lipinski definition) is 4. The normalized spacial score (nSPS) is 11.1. The number of carbonyl (C=O) groups excluding carboxylic acids is 1. The van der Waals surface area contributed by atoms with Crippen molar-refractivity contribution in [3.8, 4) is 17.1 Å². The first-order chi connectivity index (χ1) is 10.8. The Balaban J connectivity index is 2.01. The summed E-state index contributed by atoms with van der Waals surface area (Å²) in [6.45, 7) is 0. The van der Waals surface area contributed by atoms with E-state index >= 15 is 0 Å². The summed E-state index contributed by atoms with van der Waals surface area (Å²) in [6.07, 6.45) is 0.676. The van der Waals surface area contributed by atoms with Crippen LogP contribution in [0.25, 0.3) is 33.3 Å². The van der Waals surface area contributed by atoms with Gasteiger partial charge in [0.25, 0.3) is 0 Å². The Morgan fingerprint density at radius 2 is 1.82 bits per heavy atom. The lowest BCUT2D eigenvalue weighted by Crippen LogP contribution is -1.87. The van der Waals surface area contributed by atoms with Crippen molar-refractivity contribution in [1.82, 2.24) is 0 Å². The first-order valence-electron chi connectivity index (χ1n) is 6.85. The third-order valence-electron chi connectivity index (χ3n) is 3.71. The second-order valence-electron chi connectivity index (χ2n) is 4.97. The molecule has 0 atom stereocenters. The van der Waals surface area contributed by atoms with E-state index in [1.165, 1.54) is 0 Å². The number of aldehydes is 1. The molecular formula is C18H12O4. The summed E-state index contributed by atoms with van der Waals surface area (Å²) in [7, 11) is 1.61. The predicted molar refractivity (Wildman–Crippen MR) is 83.4 cm³/mol. The lowest BCUT2D eigenvalue weighted by Gasteiger charge is -2.06. The summed E-state index contributed by atoms with van der Waals surface area (Å²) in [5.74, 6) is 1.52. The molecule has 0 fully saturated rings. The minimum absolute atomic E-state index is 0.279. The molecule has 2 aromatic carbocycles. The Kier molecular flexibility index (Phi) is 2.76. The van der Waals surface area contributed by atoms with Gasteiger partial charge in [0.2, 0.25) is 0 Å². The van der Waals surface area contributed by atoms with Gasteiger partial charge in [-0.05, 0) is 30.3 Å². The molecule has 2 aromatic heterocycles. The summed E-state index contributed by atoms with van der Waals surface area (Å²) in [5.41, 5.74) is 2.33. The highest BCUT2D eigenvalue weighted by molar-refractivity contribution is 6.06. The highest BCUT2D eigenvalue weighted by atomic mass is 16.5. The van der Waals surface area contributed by atoms with Crippen molar-refractivity contribution in [2.75, 3.05) is 7.11 Å². The zero-order valence-corrected chi connectivity index (χ0v) is 11.8. The number of fused-ring (bicyclic) bond motifs is 3. The van der Waals surface area contributed by atoms with Gasteiger partial charge < -0.3 is 13.6 Å². The molecule has 0 aliphatic heterocycles. The van der Waals surface area contributed by atoms with E-state index in [9.17, 15) is 4.79 Å². The molecule has 108 valence electrons. The van der Waals surface area contributed by atoms with Gasteiger partial charge in [-0.1, -0.05) is 18.2 Å². The van der Waals surface area contributed by atoms with Gasteiger partial charge in [0.05, 0.1) is 12.7 Å². The highest BCUT2D eigenvalue weighted by Gasteiger charge is 2.15. The average Bonchev–Trinajstić information content (AvgIpc) is 3.17. The van der Waals surface area contributed by atoms with Gasteiger partial charge in [0.15, 0.2) is 12.0 Å². The summed E-state index contributed by atoms with van der Waals surface area (Å²) < 4.78 is 16.9. The van der Waals surface area contributed by atoms with E-state index in [0.717, 1.165) is 27.5 Å². The van der Waals surface area contributed by atoms with Crippen molar-refractivity contribution in [2.24, 2.45) is 0 Å². The van der Waals surface area contributed by atoms with Crippen molar-refractivity contribution in [2.45, 2.75) is 0 Å². The van der Waals surface area contributed by atoms with Crippen LogP contribution in [0.2, 0.25) is 0 Å². The van der Waals surface area contributed by atoms with Crippen molar-refractivity contribution in [1.29, 1.82) is 0 Å². The number of ether oxygens (including phenoxy) is 1. The Labute approximate surface area is 125 Å². The molecule has 4 aromatic rings. The van der Waals surface area contributed by atoms with Gasteiger partial charge >= 0.3 is 0 Å².